The highest BCUT2D eigenvalue weighted by molar-refractivity contribution is 5.69. The molecule has 4 heteroatoms. The van der Waals surface area contributed by atoms with Crippen molar-refractivity contribution in [3.8, 4) is 0 Å². The van der Waals surface area contributed by atoms with Crippen LogP contribution >= 0.6 is 0 Å². The van der Waals surface area contributed by atoms with Crippen molar-refractivity contribution in [1.82, 2.24) is 0 Å². The van der Waals surface area contributed by atoms with Gasteiger partial charge in [0.05, 0.1) is 0 Å². The third-order valence-electron chi connectivity index (χ3n) is 8.32. The van der Waals surface area contributed by atoms with Crippen molar-refractivity contribution in [2.24, 2.45) is 0 Å². The van der Waals surface area contributed by atoms with Crippen molar-refractivity contribution in [3.05, 3.63) is 48.6 Å². The van der Waals surface area contributed by atoms with Gasteiger partial charge in [0.2, 0.25) is 0 Å². The van der Waals surface area contributed by atoms with Crippen molar-refractivity contribution in [1.29, 1.82) is 0 Å². The van der Waals surface area contributed by atoms with Gasteiger partial charge in [0.15, 0.2) is 0 Å². The van der Waals surface area contributed by atoms with Crippen molar-refractivity contribution < 1.29 is 19.4 Å². The highest BCUT2D eigenvalue weighted by Gasteiger charge is 2.14. The van der Waals surface area contributed by atoms with E-state index in [1.807, 2.05) is 0 Å². The van der Waals surface area contributed by atoms with E-state index in [2.05, 4.69) is 62.5 Å². The molecule has 0 amide bonds. The molecule has 0 saturated carbocycles. The standard InChI is InChI=1S/C41H72O4/c1-3-5-7-9-10-11-12-13-14-15-16-17-18-19-20-21-22-23-24-25-26-28-34-38-41(44)45-39(35-31-27-8-6-4-2)36-32-29-30-33-37-40(42)43/h5,7,10-11,13-14,16-17,39H,3-4,6,8-9,12,15,18-38H2,1-2H3,(H,42,43)/b7-5-,11-10-,14-13-,17-16-. The van der Waals surface area contributed by atoms with E-state index in [-0.39, 0.29) is 18.5 Å². The quantitative estimate of drug-likeness (QED) is 0.0437. The molecule has 0 heterocycles. The summed E-state index contributed by atoms with van der Waals surface area (Å²) in [5.41, 5.74) is 0. The van der Waals surface area contributed by atoms with E-state index >= 15 is 0 Å². The van der Waals surface area contributed by atoms with Crippen molar-refractivity contribution in [3.63, 3.8) is 0 Å². The van der Waals surface area contributed by atoms with E-state index < -0.39 is 5.97 Å². The molecule has 0 spiro atoms. The fraction of sp³-hybridized carbons (Fsp3) is 0.756. The Morgan fingerprint density at radius 1 is 0.511 bits per heavy atom. The molecule has 1 unspecified atom stereocenters. The van der Waals surface area contributed by atoms with Crippen LogP contribution in [-0.4, -0.2) is 23.1 Å². The first-order valence-electron chi connectivity index (χ1n) is 19.1. The van der Waals surface area contributed by atoms with Gasteiger partial charge < -0.3 is 9.84 Å². The largest absolute Gasteiger partial charge is 0.481 e. The number of unbranched alkanes of at least 4 members (excludes halogenated alkanes) is 17. The first-order chi connectivity index (χ1) is 22.1. The molecule has 0 aromatic rings. The molecule has 1 N–H and O–H groups in total. The van der Waals surface area contributed by atoms with Crippen molar-refractivity contribution in [2.75, 3.05) is 0 Å². The molecule has 0 rings (SSSR count). The molecule has 0 aliphatic carbocycles. The fourth-order valence-corrected chi connectivity index (χ4v) is 5.53. The maximum atomic E-state index is 12.5. The molecule has 0 aromatic heterocycles. The number of hydrogen-bond donors (Lipinski definition) is 1. The van der Waals surface area contributed by atoms with E-state index in [1.54, 1.807) is 0 Å². The second-order valence-corrected chi connectivity index (χ2v) is 12.7. The van der Waals surface area contributed by atoms with Gasteiger partial charge in [-0.1, -0.05) is 152 Å². The Kier molecular flexibility index (Phi) is 34.7. The van der Waals surface area contributed by atoms with Gasteiger partial charge in [-0.2, -0.15) is 0 Å². The van der Waals surface area contributed by atoms with Crippen LogP contribution in [0.15, 0.2) is 48.6 Å². The highest BCUT2D eigenvalue weighted by atomic mass is 16.5. The van der Waals surface area contributed by atoms with E-state index in [0.717, 1.165) is 83.5 Å². The smallest absolute Gasteiger partial charge is 0.306 e. The molecule has 0 fully saturated rings. The van der Waals surface area contributed by atoms with Crippen LogP contribution in [0, 0.1) is 0 Å². The number of esters is 1. The first-order valence-corrected chi connectivity index (χ1v) is 19.1. The van der Waals surface area contributed by atoms with Gasteiger partial charge in [-0.05, 0) is 77.0 Å². The van der Waals surface area contributed by atoms with Crippen LogP contribution in [0.1, 0.15) is 194 Å². The maximum Gasteiger partial charge on any atom is 0.306 e. The minimum atomic E-state index is -0.714. The first kappa shape index (κ1) is 42.9. The normalized spacial score (nSPS) is 12.8. The number of carbonyl (C=O) groups excluding carboxylic acids is 1. The summed E-state index contributed by atoms with van der Waals surface area (Å²) in [6, 6.07) is 0. The number of aliphatic carboxylic acids is 1. The molecular weight excluding hydrogens is 556 g/mol. The van der Waals surface area contributed by atoms with Gasteiger partial charge in [-0.15, -0.1) is 0 Å². The molecule has 0 saturated heterocycles. The monoisotopic (exact) mass is 629 g/mol. The highest BCUT2D eigenvalue weighted by Crippen LogP contribution is 2.18. The van der Waals surface area contributed by atoms with E-state index in [1.165, 1.54) is 83.5 Å². The zero-order valence-electron chi connectivity index (χ0n) is 29.7. The number of rotatable bonds is 34. The molecule has 1 atom stereocenters. The predicted octanol–water partition coefficient (Wildman–Crippen LogP) is 13.2. The molecule has 45 heavy (non-hydrogen) atoms. The lowest BCUT2D eigenvalue weighted by molar-refractivity contribution is -0.150. The lowest BCUT2D eigenvalue weighted by Gasteiger charge is -2.18. The molecule has 0 aromatic carbocycles. The van der Waals surface area contributed by atoms with Crippen LogP contribution in [0.5, 0.6) is 0 Å². The molecule has 4 nitrogen and oxygen atoms in total. The SMILES string of the molecule is CC/C=C\C/C=C\C/C=C\C/C=C\CCCCCCCCCCCCC(=O)OC(CCCCCCC)CCCCCCC(=O)O. The van der Waals surface area contributed by atoms with Crippen LogP contribution in [0.3, 0.4) is 0 Å². The Labute approximate surface area is 279 Å². The average molecular weight is 629 g/mol. The Balaban J connectivity index is 3.73. The summed E-state index contributed by atoms with van der Waals surface area (Å²) in [6.07, 6.45) is 48.6. The minimum Gasteiger partial charge on any atom is -0.481 e. The number of carboxylic acid groups (broad SMARTS) is 1. The minimum absolute atomic E-state index is 0.0234. The van der Waals surface area contributed by atoms with Crippen molar-refractivity contribution in [2.45, 2.75) is 200 Å². The topological polar surface area (TPSA) is 63.6 Å². The summed E-state index contributed by atoms with van der Waals surface area (Å²) in [7, 11) is 0. The van der Waals surface area contributed by atoms with Gasteiger partial charge in [0, 0.05) is 12.8 Å². The van der Waals surface area contributed by atoms with Crippen LogP contribution in [0.25, 0.3) is 0 Å². The second kappa shape index (κ2) is 36.4. The molecule has 0 aliphatic heterocycles. The van der Waals surface area contributed by atoms with Crippen LogP contribution in [-0.2, 0) is 14.3 Å². The van der Waals surface area contributed by atoms with Gasteiger partial charge >= 0.3 is 11.9 Å². The number of ether oxygens (including phenoxy) is 1. The summed E-state index contributed by atoms with van der Waals surface area (Å²) in [4.78, 5) is 23.2. The average Bonchev–Trinajstić information content (AvgIpc) is 3.02. The van der Waals surface area contributed by atoms with Crippen LogP contribution in [0.2, 0.25) is 0 Å². The summed E-state index contributed by atoms with van der Waals surface area (Å²) in [5.74, 6) is -0.738. The van der Waals surface area contributed by atoms with E-state index in [0.29, 0.717) is 6.42 Å². The van der Waals surface area contributed by atoms with Gasteiger partial charge in [-0.3, -0.25) is 9.59 Å². The molecule has 260 valence electrons. The molecule has 0 aliphatic rings. The molecule has 0 radical (unpaired) electrons. The second-order valence-electron chi connectivity index (χ2n) is 12.7. The lowest BCUT2D eigenvalue weighted by Crippen LogP contribution is -2.18. The Hall–Kier alpha value is -2.10. The van der Waals surface area contributed by atoms with Gasteiger partial charge in [0.25, 0.3) is 0 Å². The van der Waals surface area contributed by atoms with Gasteiger partial charge in [0.1, 0.15) is 6.10 Å². The van der Waals surface area contributed by atoms with Crippen LogP contribution < -0.4 is 0 Å². The van der Waals surface area contributed by atoms with Crippen LogP contribution in [0.4, 0.5) is 0 Å². The zero-order chi connectivity index (χ0) is 32.9. The third-order valence-corrected chi connectivity index (χ3v) is 8.32. The number of hydrogen-bond acceptors (Lipinski definition) is 3. The number of carbonyl (C=O) groups is 2. The summed E-state index contributed by atoms with van der Waals surface area (Å²) in [6.45, 7) is 4.39. The maximum absolute atomic E-state index is 12.5. The zero-order valence-corrected chi connectivity index (χ0v) is 29.7. The Bertz CT molecular complexity index is 763. The van der Waals surface area contributed by atoms with Crippen molar-refractivity contribution >= 4 is 11.9 Å². The molecule has 0 bridgehead atoms. The third kappa shape index (κ3) is 36.2. The lowest BCUT2D eigenvalue weighted by atomic mass is 10.0. The van der Waals surface area contributed by atoms with E-state index in [9.17, 15) is 9.59 Å². The number of carboxylic acids is 1. The summed E-state index contributed by atoms with van der Waals surface area (Å²) < 4.78 is 5.91. The Morgan fingerprint density at radius 3 is 1.44 bits per heavy atom. The van der Waals surface area contributed by atoms with Gasteiger partial charge in [-0.25, -0.2) is 0 Å². The summed E-state index contributed by atoms with van der Waals surface area (Å²) in [5, 5.41) is 8.79. The summed E-state index contributed by atoms with van der Waals surface area (Å²) >= 11 is 0. The predicted molar refractivity (Wildman–Crippen MR) is 195 cm³/mol. The molecular formula is C41H72O4. The fourth-order valence-electron chi connectivity index (χ4n) is 5.53. The van der Waals surface area contributed by atoms with E-state index in [4.69, 9.17) is 9.84 Å². The Morgan fingerprint density at radius 2 is 0.933 bits per heavy atom. The number of allylic oxidation sites excluding steroid dienone is 8.